The molecule has 3 atom stereocenters. The van der Waals surface area contributed by atoms with Crippen LogP contribution in [0.5, 0.6) is 0 Å². The summed E-state index contributed by atoms with van der Waals surface area (Å²) >= 11 is 0. The van der Waals surface area contributed by atoms with Gasteiger partial charge in [-0.05, 0) is 37.2 Å². The third-order valence-corrected chi connectivity index (χ3v) is 6.90. The number of benzene rings is 1. The van der Waals surface area contributed by atoms with Gasteiger partial charge in [-0.25, -0.2) is 0 Å². The van der Waals surface area contributed by atoms with Gasteiger partial charge in [0.15, 0.2) is 0 Å². The SMILES string of the molecule is CN1CC[C@]23C(=O)C[C@H](C4=CCC(=O)N(c5ccccc52)[C@@H]43)/C(=C\CO)C1. The second-order valence-electron chi connectivity index (χ2n) is 8.19. The highest BCUT2D eigenvalue weighted by atomic mass is 16.2. The average molecular weight is 364 g/mol. The molecule has 1 N–H and O–H groups in total. The molecule has 2 bridgehead atoms. The molecule has 1 saturated carbocycles. The number of aliphatic hydroxyl groups excluding tert-OH is 1. The number of anilines is 1. The minimum absolute atomic E-state index is 0.0202. The van der Waals surface area contributed by atoms with Gasteiger partial charge in [-0.15, -0.1) is 0 Å². The summed E-state index contributed by atoms with van der Waals surface area (Å²) in [5.41, 5.74) is 3.57. The van der Waals surface area contributed by atoms with Crippen LogP contribution in [-0.4, -0.2) is 54.5 Å². The number of hydrogen-bond acceptors (Lipinski definition) is 4. The number of carbonyl (C=O) groups excluding carboxylic acids is 2. The van der Waals surface area contributed by atoms with Crippen molar-refractivity contribution in [2.45, 2.75) is 30.7 Å². The first-order valence-electron chi connectivity index (χ1n) is 9.71. The molecule has 27 heavy (non-hydrogen) atoms. The Morgan fingerprint density at radius 3 is 2.93 bits per heavy atom. The molecule has 0 aromatic heterocycles. The van der Waals surface area contributed by atoms with Gasteiger partial charge in [0.2, 0.25) is 5.91 Å². The van der Waals surface area contributed by atoms with E-state index in [-0.39, 0.29) is 30.3 Å². The van der Waals surface area contributed by atoms with Crippen LogP contribution >= 0.6 is 0 Å². The van der Waals surface area contributed by atoms with Crippen LogP contribution in [-0.2, 0) is 15.0 Å². The van der Waals surface area contributed by atoms with Crippen LogP contribution in [0.25, 0.3) is 0 Å². The Morgan fingerprint density at radius 2 is 2.11 bits per heavy atom. The highest BCUT2D eigenvalue weighted by Gasteiger charge is 2.62. The summed E-state index contributed by atoms with van der Waals surface area (Å²) in [4.78, 5) is 30.7. The van der Waals surface area contributed by atoms with Crippen molar-refractivity contribution in [2.75, 3.05) is 31.6 Å². The van der Waals surface area contributed by atoms with Crippen LogP contribution in [0.3, 0.4) is 0 Å². The van der Waals surface area contributed by atoms with Gasteiger partial charge in [-0.3, -0.25) is 9.59 Å². The fourth-order valence-electron chi connectivity index (χ4n) is 5.76. The lowest BCUT2D eigenvalue weighted by atomic mass is 9.59. The van der Waals surface area contributed by atoms with E-state index in [0.717, 1.165) is 29.9 Å². The van der Waals surface area contributed by atoms with Crippen molar-refractivity contribution in [2.24, 2.45) is 5.92 Å². The van der Waals surface area contributed by atoms with Gasteiger partial charge in [0.25, 0.3) is 0 Å². The number of hydrogen-bond donors (Lipinski definition) is 1. The second kappa shape index (κ2) is 5.88. The van der Waals surface area contributed by atoms with E-state index in [1.54, 1.807) is 0 Å². The van der Waals surface area contributed by atoms with Crippen LogP contribution in [0.15, 0.2) is 47.6 Å². The molecule has 1 aliphatic carbocycles. The van der Waals surface area contributed by atoms with Crippen molar-refractivity contribution in [3.63, 3.8) is 0 Å². The maximum atomic E-state index is 13.7. The summed E-state index contributed by atoms with van der Waals surface area (Å²) in [5.74, 6) is 0.290. The number of fused-ring (bicyclic) bond motifs is 7. The molecular weight excluding hydrogens is 340 g/mol. The Morgan fingerprint density at radius 1 is 1.30 bits per heavy atom. The predicted octanol–water partition coefficient (Wildman–Crippen LogP) is 1.81. The van der Waals surface area contributed by atoms with Crippen molar-refractivity contribution in [3.8, 4) is 0 Å². The van der Waals surface area contributed by atoms with E-state index >= 15 is 0 Å². The molecule has 140 valence electrons. The Hall–Kier alpha value is -2.24. The van der Waals surface area contributed by atoms with Crippen LogP contribution in [0.2, 0.25) is 0 Å². The normalized spacial score (nSPS) is 34.1. The second-order valence-corrected chi connectivity index (χ2v) is 8.19. The van der Waals surface area contributed by atoms with Gasteiger partial charge in [0.05, 0.1) is 18.1 Å². The zero-order valence-electron chi connectivity index (χ0n) is 15.5. The number of amides is 1. The smallest absolute Gasteiger partial charge is 0.231 e. The number of carbonyl (C=O) groups is 2. The summed E-state index contributed by atoms with van der Waals surface area (Å²) in [7, 11) is 2.07. The summed E-state index contributed by atoms with van der Waals surface area (Å²) in [6.07, 6.45) is 5.47. The maximum Gasteiger partial charge on any atom is 0.231 e. The molecule has 5 heteroatoms. The minimum atomic E-state index is -0.641. The van der Waals surface area contributed by atoms with Crippen molar-refractivity contribution < 1.29 is 14.7 Å². The molecular formula is C22H24N2O3. The van der Waals surface area contributed by atoms with E-state index < -0.39 is 5.41 Å². The summed E-state index contributed by atoms with van der Waals surface area (Å²) < 4.78 is 0. The quantitative estimate of drug-likeness (QED) is 0.772. The fourth-order valence-corrected chi connectivity index (χ4v) is 5.76. The number of rotatable bonds is 1. The molecule has 4 heterocycles. The third-order valence-electron chi connectivity index (χ3n) is 6.90. The van der Waals surface area contributed by atoms with E-state index in [9.17, 15) is 14.7 Å². The standard InChI is InChI=1S/C22H24N2O3/c1-23-10-9-22-17-4-2-3-5-18(17)24-20(27)7-6-15(21(22)24)16(12-19(22)26)14(13-23)8-11-25/h2-6,8,16,21,25H,7,9-13H2,1H3/b14-8-/t16-,21-,22+/m0/s1. The lowest BCUT2D eigenvalue weighted by Gasteiger charge is -2.47. The maximum absolute atomic E-state index is 13.7. The van der Waals surface area contributed by atoms with Gasteiger partial charge in [0.1, 0.15) is 5.78 Å². The molecule has 3 fully saturated rings. The number of nitrogens with zero attached hydrogens (tertiary/aromatic N) is 2. The molecule has 2 saturated heterocycles. The number of likely N-dealkylation sites (N-methyl/N-ethyl adjacent to an activating group) is 1. The molecule has 1 amide bonds. The molecule has 5 aliphatic rings. The summed E-state index contributed by atoms with van der Waals surface area (Å²) in [5, 5.41) is 9.56. The first-order chi connectivity index (χ1) is 13.1. The number of aliphatic hydroxyl groups is 1. The largest absolute Gasteiger partial charge is 0.392 e. The Bertz CT molecular complexity index is 903. The molecule has 6 rings (SSSR count). The van der Waals surface area contributed by atoms with Gasteiger partial charge in [0, 0.05) is 31.0 Å². The molecule has 1 aromatic rings. The monoisotopic (exact) mass is 364 g/mol. The van der Waals surface area contributed by atoms with E-state index in [2.05, 4.69) is 18.0 Å². The molecule has 1 spiro atoms. The topological polar surface area (TPSA) is 60.9 Å². The van der Waals surface area contributed by atoms with Crippen molar-refractivity contribution in [3.05, 3.63) is 53.1 Å². The van der Waals surface area contributed by atoms with E-state index in [0.29, 0.717) is 19.3 Å². The Labute approximate surface area is 159 Å². The molecule has 1 aromatic carbocycles. The van der Waals surface area contributed by atoms with Crippen molar-refractivity contribution in [1.29, 1.82) is 0 Å². The lowest BCUT2D eigenvalue weighted by Crippen LogP contribution is -2.58. The summed E-state index contributed by atoms with van der Waals surface area (Å²) in [6, 6.07) is 7.74. The van der Waals surface area contributed by atoms with Gasteiger partial charge >= 0.3 is 0 Å². The van der Waals surface area contributed by atoms with Crippen LogP contribution < -0.4 is 4.90 Å². The van der Waals surface area contributed by atoms with Crippen LogP contribution in [0, 0.1) is 5.92 Å². The Kier molecular flexibility index (Phi) is 3.68. The molecule has 0 radical (unpaired) electrons. The highest BCUT2D eigenvalue weighted by Crippen LogP contribution is 2.58. The summed E-state index contributed by atoms with van der Waals surface area (Å²) in [6.45, 7) is 1.50. The first kappa shape index (κ1) is 16.9. The van der Waals surface area contributed by atoms with Gasteiger partial charge in [-0.2, -0.15) is 0 Å². The molecule has 5 nitrogen and oxygen atoms in total. The molecule has 4 aliphatic heterocycles. The van der Waals surface area contributed by atoms with E-state index in [1.807, 2.05) is 35.2 Å². The molecule has 0 unspecified atom stereocenters. The predicted molar refractivity (Wildman–Crippen MR) is 102 cm³/mol. The van der Waals surface area contributed by atoms with E-state index in [4.69, 9.17) is 0 Å². The number of ketones is 1. The highest BCUT2D eigenvalue weighted by molar-refractivity contribution is 6.08. The zero-order chi connectivity index (χ0) is 18.8. The van der Waals surface area contributed by atoms with Gasteiger partial charge < -0.3 is 14.9 Å². The van der Waals surface area contributed by atoms with Gasteiger partial charge in [-0.1, -0.05) is 35.9 Å². The Balaban J connectivity index is 1.79. The number of para-hydroxylation sites is 1. The lowest BCUT2D eigenvalue weighted by molar-refractivity contribution is -0.127. The van der Waals surface area contributed by atoms with E-state index in [1.165, 1.54) is 5.57 Å². The fraction of sp³-hybridized carbons (Fsp3) is 0.455. The average Bonchev–Trinajstić information content (AvgIpc) is 3.00. The first-order valence-corrected chi connectivity index (χ1v) is 9.71. The van der Waals surface area contributed by atoms with Crippen molar-refractivity contribution >= 4 is 17.4 Å². The van der Waals surface area contributed by atoms with Crippen LogP contribution in [0.1, 0.15) is 24.8 Å². The zero-order valence-corrected chi connectivity index (χ0v) is 15.5. The minimum Gasteiger partial charge on any atom is -0.392 e. The number of Topliss-reactive ketones (excluding diaryl/α,β-unsaturated/α-hetero) is 1. The van der Waals surface area contributed by atoms with Crippen LogP contribution in [0.4, 0.5) is 5.69 Å². The van der Waals surface area contributed by atoms with Crippen molar-refractivity contribution in [1.82, 2.24) is 4.90 Å². The third kappa shape index (κ3) is 2.13.